The number of piperidine rings is 1. The van der Waals surface area contributed by atoms with Crippen molar-refractivity contribution < 1.29 is 23.1 Å². The summed E-state index contributed by atoms with van der Waals surface area (Å²) < 4.78 is 38.1. The maximum atomic E-state index is 12.8. The van der Waals surface area contributed by atoms with Crippen LogP contribution in [0.5, 0.6) is 0 Å². The van der Waals surface area contributed by atoms with Crippen LogP contribution < -0.4 is 16.0 Å². The average molecular weight is 453 g/mol. The number of aryl methyl sites for hydroxylation is 1. The van der Waals surface area contributed by atoms with Crippen LogP contribution in [0.4, 0.5) is 18.9 Å². The lowest BCUT2D eigenvalue weighted by Crippen LogP contribution is -2.47. The Labute approximate surface area is 186 Å². The van der Waals surface area contributed by atoms with Gasteiger partial charge >= 0.3 is 6.18 Å². The molecule has 1 saturated heterocycles. The van der Waals surface area contributed by atoms with E-state index in [4.69, 9.17) is 0 Å². The number of amides is 1. The monoisotopic (exact) mass is 452 g/mol. The molecular formula is C23H31F3N4O2. The molecule has 1 amide bonds. The zero-order valence-electron chi connectivity index (χ0n) is 18.9. The number of hydrogen-bond donors (Lipinski definition) is 4. The molecule has 1 unspecified atom stereocenters. The Morgan fingerprint density at radius 2 is 1.97 bits per heavy atom. The number of alkyl halides is 3. The van der Waals surface area contributed by atoms with Gasteiger partial charge in [0, 0.05) is 23.7 Å². The molecule has 176 valence electrons. The van der Waals surface area contributed by atoms with Gasteiger partial charge in [-0.25, -0.2) is 4.98 Å². The SMILES string of the molecule is Cc1cc(C(=O)NC[C@@H]2CC(O)CCN2)nc2c(C(C)(C)C)cc(NCC(F)(F)F)cc12. The predicted molar refractivity (Wildman–Crippen MR) is 119 cm³/mol. The maximum Gasteiger partial charge on any atom is 0.405 e. The minimum absolute atomic E-state index is 0.00310. The van der Waals surface area contributed by atoms with Crippen LogP contribution in [0.25, 0.3) is 10.9 Å². The second kappa shape index (κ2) is 9.23. The van der Waals surface area contributed by atoms with Gasteiger partial charge in [-0.15, -0.1) is 0 Å². The summed E-state index contributed by atoms with van der Waals surface area (Å²) in [7, 11) is 0. The zero-order chi connectivity index (χ0) is 23.7. The molecule has 0 bridgehead atoms. The van der Waals surface area contributed by atoms with Crippen LogP contribution in [-0.2, 0) is 5.41 Å². The van der Waals surface area contributed by atoms with Crippen molar-refractivity contribution >= 4 is 22.5 Å². The third-order valence-electron chi connectivity index (χ3n) is 5.63. The highest BCUT2D eigenvalue weighted by Crippen LogP contribution is 2.34. The smallest absolute Gasteiger partial charge is 0.393 e. The number of halogens is 3. The molecule has 2 heterocycles. The van der Waals surface area contributed by atoms with E-state index < -0.39 is 18.1 Å². The summed E-state index contributed by atoms with van der Waals surface area (Å²) in [5, 5.41) is 19.1. The molecule has 1 aromatic heterocycles. The second-order valence-corrected chi connectivity index (χ2v) is 9.50. The van der Waals surface area contributed by atoms with E-state index in [-0.39, 0.29) is 23.7 Å². The molecule has 6 nitrogen and oxygen atoms in total. The number of benzene rings is 1. The van der Waals surface area contributed by atoms with Crippen LogP contribution in [0.1, 0.15) is 55.2 Å². The first-order valence-electron chi connectivity index (χ1n) is 10.8. The number of aromatic nitrogens is 1. The summed E-state index contributed by atoms with van der Waals surface area (Å²) in [4.78, 5) is 17.4. The third kappa shape index (κ3) is 6.10. The zero-order valence-corrected chi connectivity index (χ0v) is 18.9. The largest absolute Gasteiger partial charge is 0.405 e. The van der Waals surface area contributed by atoms with Crippen molar-refractivity contribution in [3.8, 4) is 0 Å². The highest BCUT2D eigenvalue weighted by atomic mass is 19.4. The van der Waals surface area contributed by atoms with Gasteiger partial charge in [0.2, 0.25) is 0 Å². The van der Waals surface area contributed by atoms with Gasteiger partial charge in [-0.2, -0.15) is 13.2 Å². The molecule has 4 N–H and O–H groups in total. The summed E-state index contributed by atoms with van der Waals surface area (Å²) >= 11 is 0. The van der Waals surface area contributed by atoms with E-state index in [1.54, 1.807) is 18.2 Å². The number of anilines is 1. The van der Waals surface area contributed by atoms with Crippen LogP contribution in [0.15, 0.2) is 18.2 Å². The standard InChI is InChI=1S/C23H31F3N4O2/c1-13-7-19(21(32)28-11-15-8-16(31)5-6-27-15)30-20-17(13)9-14(29-12-23(24,25)26)10-18(20)22(2,3)4/h7,9-10,15-16,27,29,31H,5-6,8,11-12H2,1-4H3,(H,28,32)/t15-,16?/m0/s1. The molecule has 3 rings (SSSR count). The van der Waals surface area contributed by atoms with Gasteiger partial charge in [0.15, 0.2) is 0 Å². The van der Waals surface area contributed by atoms with Gasteiger partial charge in [-0.05, 0) is 61.1 Å². The van der Waals surface area contributed by atoms with Gasteiger partial charge in [-0.1, -0.05) is 20.8 Å². The van der Waals surface area contributed by atoms with Crippen LogP contribution in [-0.4, -0.2) is 54.0 Å². The average Bonchev–Trinajstić information content (AvgIpc) is 2.69. The van der Waals surface area contributed by atoms with Crippen molar-refractivity contribution in [3.05, 3.63) is 35.0 Å². The van der Waals surface area contributed by atoms with Crippen LogP contribution in [0.2, 0.25) is 0 Å². The minimum Gasteiger partial charge on any atom is -0.393 e. The molecule has 2 atom stereocenters. The summed E-state index contributed by atoms with van der Waals surface area (Å²) in [6.07, 6.45) is -3.42. The number of fused-ring (bicyclic) bond motifs is 1. The fourth-order valence-corrected chi connectivity index (χ4v) is 3.93. The first kappa shape index (κ1) is 24.3. The topological polar surface area (TPSA) is 86.3 Å². The Bertz CT molecular complexity index is 986. The van der Waals surface area contributed by atoms with Gasteiger partial charge in [0.1, 0.15) is 12.2 Å². The van der Waals surface area contributed by atoms with Crippen molar-refractivity contribution in [1.29, 1.82) is 0 Å². The number of aliphatic hydroxyl groups is 1. The lowest BCUT2D eigenvalue weighted by atomic mass is 9.84. The van der Waals surface area contributed by atoms with E-state index in [9.17, 15) is 23.1 Å². The van der Waals surface area contributed by atoms with Crippen molar-refractivity contribution in [2.24, 2.45) is 0 Å². The highest BCUT2D eigenvalue weighted by molar-refractivity contribution is 5.97. The van der Waals surface area contributed by atoms with E-state index in [0.717, 1.165) is 11.1 Å². The highest BCUT2D eigenvalue weighted by Gasteiger charge is 2.28. The number of aliphatic hydroxyl groups excluding tert-OH is 1. The summed E-state index contributed by atoms with van der Waals surface area (Å²) in [6, 6.07) is 4.97. The molecule has 0 saturated carbocycles. The van der Waals surface area contributed by atoms with Crippen molar-refractivity contribution in [3.63, 3.8) is 0 Å². The number of rotatable bonds is 5. The summed E-state index contributed by atoms with van der Waals surface area (Å²) in [5.41, 5.74) is 2.34. The first-order valence-corrected chi connectivity index (χ1v) is 10.8. The molecule has 0 spiro atoms. The molecule has 1 aromatic carbocycles. The molecule has 32 heavy (non-hydrogen) atoms. The van der Waals surface area contributed by atoms with Crippen molar-refractivity contribution in [1.82, 2.24) is 15.6 Å². The Hall–Kier alpha value is -2.39. The van der Waals surface area contributed by atoms with Crippen LogP contribution in [0.3, 0.4) is 0 Å². The van der Waals surface area contributed by atoms with Gasteiger partial charge in [-0.3, -0.25) is 4.79 Å². The molecule has 1 aliphatic rings. The lowest BCUT2D eigenvalue weighted by Gasteiger charge is -2.27. The molecule has 9 heteroatoms. The number of pyridine rings is 1. The van der Waals surface area contributed by atoms with E-state index in [2.05, 4.69) is 20.9 Å². The minimum atomic E-state index is -4.32. The number of nitrogens with zero attached hydrogens (tertiary/aromatic N) is 1. The van der Waals surface area contributed by atoms with E-state index >= 15 is 0 Å². The number of carbonyl (C=O) groups excluding carboxylic acids is 1. The first-order chi connectivity index (χ1) is 14.8. The summed E-state index contributed by atoms with van der Waals surface area (Å²) in [6.45, 7) is 7.64. The van der Waals surface area contributed by atoms with E-state index in [1.165, 1.54) is 0 Å². The number of hydrogen-bond acceptors (Lipinski definition) is 5. The van der Waals surface area contributed by atoms with Gasteiger partial charge in [0.05, 0.1) is 11.6 Å². The Morgan fingerprint density at radius 1 is 1.25 bits per heavy atom. The predicted octanol–water partition coefficient (Wildman–Crippen LogP) is 3.66. The molecule has 1 aliphatic heterocycles. The molecule has 1 fully saturated rings. The normalized spacial score (nSPS) is 19.8. The third-order valence-corrected chi connectivity index (χ3v) is 5.63. The van der Waals surface area contributed by atoms with Gasteiger partial charge < -0.3 is 21.1 Å². The van der Waals surface area contributed by atoms with Crippen LogP contribution in [0, 0.1) is 6.92 Å². The summed E-state index contributed by atoms with van der Waals surface area (Å²) in [5.74, 6) is -0.323. The Balaban J connectivity index is 1.90. The van der Waals surface area contributed by atoms with Crippen LogP contribution >= 0.6 is 0 Å². The Kier molecular flexibility index (Phi) is 7.00. The van der Waals surface area contributed by atoms with Crippen molar-refractivity contribution in [2.75, 3.05) is 25.0 Å². The second-order valence-electron chi connectivity index (χ2n) is 9.50. The quantitative estimate of drug-likeness (QED) is 0.556. The Morgan fingerprint density at radius 3 is 2.59 bits per heavy atom. The lowest BCUT2D eigenvalue weighted by molar-refractivity contribution is -0.115. The van der Waals surface area contributed by atoms with E-state index in [0.29, 0.717) is 42.5 Å². The van der Waals surface area contributed by atoms with Crippen molar-refractivity contribution in [2.45, 2.75) is 64.3 Å². The molecule has 2 aromatic rings. The fraction of sp³-hybridized carbons (Fsp3) is 0.565. The fourth-order valence-electron chi connectivity index (χ4n) is 3.93. The molecule has 0 radical (unpaired) electrons. The molecule has 0 aliphatic carbocycles. The number of carbonyl (C=O) groups is 1. The maximum absolute atomic E-state index is 12.8. The van der Waals surface area contributed by atoms with Gasteiger partial charge in [0.25, 0.3) is 5.91 Å². The van der Waals surface area contributed by atoms with E-state index in [1.807, 2.05) is 27.7 Å². The molecular weight excluding hydrogens is 421 g/mol. The number of nitrogens with one attached hydrogen (secondary N) is 3.